The summed E-state index contributed by atoms with van der Waals surface area (Å²) < 4.78 is 0. The van der Waals surface area contributed by atoms with Crippen molar-refractivity contribution in [1.29, 1.82) is 0 Å². The van der Waals surface area contributed by atoms with Crippen LogP contribution in [0.4, 0.5) is 16.0 Å². The molecule has 2 heterocycles. The Labute approximate surface area is 186 Å². The van der Waals surface area contributed by atoms with E-state index in [0.29, 0.717) is 10.7 Å². The Morgan fingerprint density at radius 2 is 1.72 bits per heavy atom. The fraction of sp³-hybridized carbons (Fsp3) is 0.0500. The average Bonchev–Trinajstić information content (AvgIpc) is 3.30. The largest absolute Gasteiger partial charge is 0.508 e. The number of halogens is 1. The number of anilines is 3. The summed E-state index contributed by atoms with van der Waals surface area (Å²) in [5.41, 5.74) is 3.05. The van der Waals surface area contributed by atoms with Crippen LogP contribution in [0.1, 0.15) is 16.1 Å². The van der Waals surface area contributed by atoms with Crippen molar-refractivity contribution in [2.45, 2.75) is 6.92 Å². The number of carbonyl (C=O) groups excluding carboxylic acids is 1. The summed E-state index contributed by atoms with van der Waals surface area (Å²) in [5.74, 6) is 0.0320. The molecule has 4 rings (SSSR count). The summed E-state index contributed by atoms with van der Waals surface area (Å²) in [6, 6.07) is 15.8. The van der Waals surface area contributed by atoms with Crippen molar-refractivity contribution in [3.63, 3.8) is 0 Å². The van der Waals surface area contributed by atoms with Crippen LogP contribution in [0.3, 0.4) is 0 Å². The van der Waals surface area contributed by atoms with Gasteiger partial charge < -0.3 is 10.4 Å². The van der Waals surface area contributed by atoms with E-state index >= 15 is 0 Å². The van der Waals surface area contributed by atoms with Gasteiger partial charge in [0.15, 0.2) is 10.3 Å². The molecule has 2 aromatic heterocycles. The number of aryl methyl sites for hydroxylation is 1. The third kappa shape index (κ3) is 5.00. The maximum absolute atomic E-state index is 12.3. The second-order valence-corrected chi connectivity index (χ2v) is 7.82. The average molecular weight is 489 g/mol. The Morgan fingerprint density at radius 1 is 1.00 bits per heavy atom. The summed E-state index contributed by atoms with van der Waals surface area (Å²) in [6.07, 6.45) is 0. The number of hydrogen-bond acceptors (Lipinski definition) is 7. The van der Waals surface area contributed by atoms with Gasteiger partial charge in [-0.15, -0.1) is 28.3 Å². The predicted octanol–water partition coefficient (Wildman–Crippen LogP) is 5.85. The Balaban J connectivity index is 0.00000240. The van der Waals surface area contributed by atoms with Gasteiger partial charge in [-0.25, -0.2) is 9.97 Å². The van der Waals surface area contributed by atoms with Crippen LogP contribution < -0.4 is 10.6 Å². The number of phenolic OH excluding ortho intramolecular Hbond substituents is 1. The molecule has 3 N–H and O–H groups in total. The zero-order valence-corrected chi connectivity index (χ0v) is 18.6. The molecule has 29 heavy (non-hydrogen) atoms. The van der Waals surface area contributed by atoms with E-state index in [9.17, 15) is 9.90 Å². The zero-order chi connectivity index (χ0) is 19.5. The van der Waals surface area contributed by atoms with Gasteiger partial charge in [0.2, 0.25) is 0 Å². The van der Waals surface area contributed by atoms with Gasteiger partial charge >= 0.3 is 0 Å². The molecule has 0 radical (unpaired) electrons. The summed E-state index contributed by atoms with van der Waals surface area (Å²) in [6.45, 7) is 1.90. The lowest BCUT2D eigenvalue weighted by molar-refractivity contribution is 0.102. The SMILES string of the molecule is Br.Cc1nc(NC(=O)c2ccccc2)sc1-c1csc(Nc2ccc(O)cc2)n1. The van der Waals surface area contributed by atoms with Crippen LogP contribution in [0.2, 0.25) is 0 Å². The standard InChI is InChI=1S/C20H16N4O2S2.BrH/c1-12-17(28-20(21-12)24-18(26)13-5-3-2-4-6-13)16-11-27-19(23-16)22-14-7-9-15(25)10-8-14;/h2-11,25H,1H3,(H,22,23)(H,21,24,26);1H. The number of amides is 1. The van der Waals surface area contributed by atoms with Gasteiger partial charge in [0.05, 0.1) is 16.3 Å². The molecular weight excluding hydrogens is 472 g/mol. The van der Waals surface area contributed by atoms with E-state index in [-0.39, 0.29) is 28.6 Å². The zero-order valence-electron chi connectivity index (χ0n) is 15.2. The van der Waals surface area contributed by atoms with Gasteiger partial charge in [-0.05, 0) is 43.3 Å². The Morgan fingerprint density at radius 3 is 2.45 bits per heavy atom. The van der Waals surface area contributed by atoms with E-state index in [4.69, 9.17) is 0 Å². The Hall–Kier alpha value is -2.75. The van der Waals surface area contributed by atoms with Crippen molar-refractivity contribution >= 4 is 61.5 Å². The van der Waals surface area contributed by atoms with Crippen molar-refractivity contribution < 1.29 is 9.90 Å². The summed E-state index contributed by atoms with van der Waals surface area (Å²) in [4.78, 5) is 22.3. The number of rotatable bonds is 5. The second kappa shape index (κ2) is 9.17. The molecule has 9 heteroatoms. The van der Waals surface area contributed by atoms with Gasteiger partial charge in [-0.1, -0.05) is 29.5 Å². The van der Waals surface area contributed by atoms with Crippen molar-refractivity contribution in [3.05, 3.63) is 71.2 Å². The maximum atomic E-state index is 12.3. The number of hydrogen-bond donors (Lipinski definition) is 3. The van der Waals surface area contributed by atoms with Crippen molar-refractivity contribution in [3.8, 4) is 16.3 Å². The van der Waals surface area contributed by atoms with Crippen LogP contribution in [0, 0.1) is 6.92 Å². The van der Waals surface area contributed by atoms with E-state index in [1.165, 1.54) is 22.7 Å². The minimum absolute atomic E-state index is 0. The fourth-order valence-corrected chi connectivity index (χ4v) is 4.27. The first kappa shape index (κ1) is 21.0. The highest BCUT2D eigenvalue weighted by Gasteiger charge is 2.15. The lowest BCUT2D eigenvalue weighted by Crippen LogP contribution is -2.11. The van der Waals surface area contributed by atoms with Crippen LogP contribution in [0.5, 0.6) is 5.75 Å². The fourth-order valence-electron chi connectivity index (χ4n) is 2.55. The summed E-state index contributed by atoms with van der Waals surface area (Å²) >= 11 is 2.88. The number of aromatic nitrogens is 2. The molecule has 1 amide bonds. The number of thiazole rings is 2. The van der Waals surface area contributed by atoms with Crippen LogP contribution in [0.15, 0.2) is 60.0 Å². The molecule has 0 aliphatic carbocycles. The van der Waals surface area contributed by atoms with E-state index in [1.54, 1.807) is 36.4 Å². The molecule has 0 aliphatic heterocycles. The van der Waals surface area contributed by atoms with E-state index < -0.39 is 0 Å². The molecule has 0 aliphatic rings. The molecule has 6 nitrogen and oxygen atoms in total. The Bertz CT molecular complexity index is 1110. The first-order valence-electron chi connectivity index (χ1n) is 8.44. The van der Waals surface area contributed by atoms with Gasteiger partial charge in [0.25, 0.3) is 5.91 Å². The number of nitrogens with one attached hydrogen (secondary N) is 2. The third-order valence-electron chi connectivity index (χ3n) is 3.91. The number of nitrogens with zero attached hydrogens (tertiary/aromatic N) is 2. The molecule has 148 valence electrons. The number of benzene rings is 2. The lowest BCUT2D eigenvalue weighted by atomic mass is 10.2. The monoisotopic (exact) mass is 488 g/mol. The van der Waals surface area contributed by atoms with Crippen LogP contribution in [0.25, 0.3) is 10.6 Å². The minimum Gasteiger partial charge on any atom is -0.508 e. The predicted molar refractivity (Wildman–Crippen MR) is 124 cm³/mol. The highest BCUT2D eigenvalue weighted by molar-refractivity contribution is 8.93. The van der Waals surface area contributed by atoms with Gasteiger partial charge in [-0.2, -0.15) is 0 Å². The molecule has 0 spiro atoms. The van der Waals surface area contributed by atoms with Gasteiger partial charge in [0.1, 0.15) is 5.75 Å². The first-order chi connectivity index (χ1) is 13.6. The second-order valence-electron chi connectivity index (χ2n) is 5.96. The van der Waals surface area contributed by atoms with Crippen molar-refractivity contribution in [2.24, 2.45) is 0 Å². The smallest absolute Gasteiger partial charge is 0.257 e. The highest BCUT2D eigenvalue weighted by atomic mass is 79.9. The molecule has 0 bridgehead atoms. The number of carbonyl (C=O) groups is 1. The van der Waals surface area contributed by atoms with E-state index in [1.807, 2.05) is 30.5 Å². The van der Waals surface area contributed by atoms with E-state index in [2.05, 4.69) is 20.6 Å². The topological polar surface area (TPSA) is 87.1 Å². The lowest BCUT2D eigenvalue weighted by Gasteiger charge is -2.01. The number of aromatic hydroxyl groups is 1. The maximum Gasteiger partial charge on any atom is 0.257 e. The van der Waals surface area contributed by atoms with Crippen LogP contribution in [-0.2, 0) is 0 Å². The molecule has 0 saturated heterocycles. The van der Waals surface area contributed by atoms with Gasteiger partial charge in [0, 0.05) is 16.6 Å². The van der Waals surface area contributed by atoms with Crippen LogP contribution >= 0.6 is 39.7 Å². The summed E-state index contributed by atoms with van der Waals surface area (Å²) in [5, 5.41) is 18.7. The third-order valence-corrected chi connectivity index (χ3v) is 5.76. The summed E-state index contributed by atoms with van der Waals surface area (Å²) in [7, 11) is 0. The molecule has 0 unspecified atom stereocenters. The normalized spacial score (nSPS) is 10.2. The molecule has 0 atom stereocenters. The molecular formula is C20H17BrN4O2S2. The van der Waals surface area contributed by atoms with Crippen molar-refractivity contribution in [1.82, 2.24) is 9.97 Å². The Kier molecular flexibility index (Phi) is 6.63. The minimum atomic E-state index is -0.186. The first-order valence-corrected chi connectivity index (χ1v) is 10.1. The quantitative estimate of drug-likeness (QED) is 0.306. The molecule has 2 aromatic carbocycles. The van der Waals surface area contributed by atoms with Gasteiger partial charge in [-0.3, -0.25) is 10.1 Å². The van der Waals surface area contributed by atoms with E-state index in [0.717, 1.165) is 27.1 Å². The van der Waals surface area contributed by atoms with Crippen molar-refractivity contribution in [2.75, 3.05) is 10.6 Å². The molecule has 0 saturated carbocycles. The highest BCUT2D eigenvalue weighted by Crippen LogP contribution is 2.35. The number of phenols is 1. The molecule has 0 fully saturated rings. The van der Waals surface area contributed by atoms with Crippen LogP contribution in [-0.4, -0.2) is 21.0 Å². The molecule has 4 aromatic rings.